The van der Waals surface area contributed by atoms with Crippen LogP contribution in [0.25, 0.3) is 0 Å². The minimum absolute atomic E-state index is 0.0572. The van der Waals surface area contributed by atoms with E-state index in [4.69, 9.17) is 14.3 Å². The lowest BCUT2D eigenvalue weighted by atomic mass is 10.1. The van der Waals surface area contributed by atoms with Gasteiger partial charge < -0.3 is 19.6 Å². The molecule has 1 saturated carbocycles. The molecule has 1 aliphatic carbocycles. The number of rotatable bonds is 5. The summed E-state index contributed by atoms with van der Waals surface area (Å²) < 4.78 is 10.6. The minimum Gasteiger partial charge on any atom is -0.454 e. The largest absolute Gasteiger partial charge is 0.454 e. The molecule has 0 aromatic heterocycles. The Morgan fingerprint density at radius 3 is 2.91 bits per heavy atom. The van der Waals surface area contributed by atoms with Gasteiger partial charge in [-0.3, -0.25) is 4.79 Å². The molecule has 1 amide bonds. The van der Waals surface area contributed by atoms with Crippen molar-refractivity contribution >= 4 is 11.6 Å². The van der Waals surface area contributed by atoms with Gasteiger partial charge in [0.05, 0.1) is 5.71 Å². The second kappa shape index (κ2) is 6.68. The highest BCUT2D eigenvalue weighted by atomic mass is 16.7. The van der Waals surface area contributed by atoms with Crippen molar-refractivity contribution in [2.75, 3.05) is 13.4 Å². The van der Waals surface area contributed by atoms with Crippen LogP contribution in [0, 0.1) is 0 Å². The standard InChI is InChI=1S/C16H20N2O4/c1-11(12-6-7-14-15(8-12)21-10-20-14)18-22-9-16(19)17-13-4-2-3-5-13/h6-8,13H,2-5,9-10H2,1H3,(H,17,19)/b18-11-. The maximum Gasteiger partial charge on any atom is 0.260 e. The minimum atomic E-state index is -0.117. The van der Waals surface area contributed by atoms with Crippen LogP contribution in [0.15, 0.2) is 23.4 Å². The maximum atomic E-state index is 11.7. The molecular formula is C16H20N2O4. The Morgan fingerprint density at radius 2 is 2.09 bits per heavy atom. The van der Waals surface area contributed by atoms with Crippen LogP contribution in [-0.2, 0) is 9.63 Å². The van der Waals surface area contributed by atoms with Gasteiger partial charge in [0, 0.05) is 11.6 Å². The van der Waals surface area contributed by atoms with E-state index >= 15 is 0 Å². The van der Waals surface area contributed by atoms with Crippen LogP contribution >= 0.6 is 0 Å². The van der Waals surface area contributed by atoms with E-state index in [0.29, 0.717) is 17.5 Å². The normalized spacial score (nSPS) is 17.6. The first-order valence-corrected chi connectivity index (χ1v) is 7.58. The zero-order valence-electron chi connectivity index (χ0n) is 12.6. The summed E-state index contributed by atoms with van der Waals surface area (Å²) in [4.78, 5) is 16.9. The van der Waals surface area contributed by atoms with E-state index in [9.17, 15) is 4.79 Å². The number of nitrogens with one attached hydrogen (secondary N) is 1. The van der Waals surface area contributed by atoms with Crippen molar-refractivity contribution in [2.45, 2.75) is 38.6 Å². The first-order valence-electron chi connectivity index (χ1n) is 7.58. The molecule has 0 spiro atoms. The highest BCUT2D eigenvalue weighted by Gasteiger charge is 2.17. The predicted molar refractivity (Wildman–Crippen MR) is 81.1 cm³/mol. The molecule has 22 heavy (non-hydrogen) atoms. The van der Waals surface area contributed by atoms with Gasteiger partial charge in [0.25, 0.3) is 5.91 Å². The lowest BCUT2D eigenvalue weighted by molar-refractivity contribution is -0.126. The fraction of sp³-hybridized carbons (Fsp3) is 0.500. The maximum absolute atomic E-state index is 11.7. The smallest absolute Gasteiger partial charge is 0.260 e. The van der Waals surface area contributed by atoms with Gasteiger partial charge in [-0.25, -0.2) is 0 Å². The van der Waals surface area contributed by atoms with E-state index < -0.39 is 0 Å². The Labute approximate surface area is 129 Å². The number of oxime groups is 1. The summed E-state index contributed by atoms with van der Waals surface area (Å²) in [5.74, 6) is 1.31. The van der Waals surface area contributed by atoms with Gasteiger partial charge in [-0.15, -0.1) is 0 Å². The molecule has 1 aromatic carbocycles. The second-order valence-electron chi connectivity index (χ2n) is 5.57. The molecule has 1 fully saturated rings. The zero-order valence-corrected chi connectivity index (χ0v) is 12.6. The molecule has 6 nitrogen and oxygen atoms in total. The van der Waals surface area contributed by atoms with Crippen LogP contribution in [0.4, 0.5) is 0 Å². The number of hydrogen-bond donors (Lipinski definition) is 1. The van der Waals surface area contributed by atoms with E-state index in [0.717, 1.165) is 24.2 Å². The van der Waals surface area contributed by atoms with E-state index in [2.05, 4.69) is 10.5 Å². The molecule has 2 aliphatic rings. The van der Waals surface area contributed by atoms with Crippen LogP contribution in [0.1, 0.15) is 38.2 Å². The Morgan fingerprint density at radius 1 is 1.32 bits per heavy atom. The first-order chi connectivity index (χ1) is 10.7. The summed E-state index contributed by atoms with van der Waals surface area (Å²) in [6.45, 7) is 2.01. The Hall–Kier alpha value is -2.24. The molecule has 0 radical (unpaired) electrons. The molecule has 0 unspecified atom stereocenters. The lowest BCUT2D eigenvalue weighted by Gasteiger charge is -2.11. The van der Waals surface area contributed by atoms with Crippen LogP contribution in [0.5, 0.6) is 11.5 Å². The van der Waals surface area contributed by atoms with Gasteiger partial charge in [-0.2, -0.15) is 0 Å². The van der Waals surface area contributed by atoms with Gasteiger partial charge in [0.1, 0.15) is 0 Å². The van der Waals surface area contributed by atoms with Crippen molar-refractivity contribution in [3.8, 4) is 11.5 Å². The summed E-state index contributed by atoms with van der Waals surface area (Å²) in [5, 5.41) is 6.95. The second-order valence-corrected chi connectivity index (χ2v) is 5.57. The molecule has 118 valence electrons. The molecule has 1 N–H and O–H groups in total. The lowest BCUT2D eigenvalue weighted by Crippen LogP contribution is -2.35. The van der Waals surface area contributed by atoms with Crippen LogP contribution < -0.4 is 14.8 Å². The fourth-order valence-electron chi connectivity index (χ4n) is 2.70. The van der Waals surface area contributed by atoms with Gasteiger partial charge in [0.2, 0.25) is 6.79 Å². The van der Waals surface area contributed by atoms with Crippen molar-refractivity contribution in [2.24, 2.45) is 5.16 Å². The van der Waals surface area contributed by atoms with Crippen molar-refractivity contribution in [1.82, 2.24) is 5.32 Å². The first kappa shape index (κ1) is 14.7. The molecule has 0 saturated heterocycles. The number of nitrogens with zero attached hydrogens (tertiary/aromatic N) is 1. The molecule has 1 aliphatic heterocycles. The molecule has 0 bridgehead atoms. The number of amides is 1. The van der Waals surface area contributed by atoms with Crippen molar-refractivity contribution in [1.29, 1.82) is 0 Å². The quantitative estimate of drug-likeness (QED) is 0.669. The Kier molecular flexibility index (Phi) is 4.46. The average molecular weight is 304 g/mol. The van der Waals surface area contributed by atoms with Crippen LogP contribution in [-0.4, -0.2) is 31.1 Å². The Balaban J connectivity index is 1.50. The zero-order chi connectivity index (χ0) is 15.4. The SMILES string of the molecule is C/C(=N/OCC(=O)NC1CCCC1)c1ccc2c(c1)OCO2. The Bertz CT molecular complexity index is 580. The highest BCUT2D eigenvalue weighted by Crippen LogP contribution is 2.32. The number of benzene rings is 1. The number of hydrogen-bond acceptors (Lipinski definition) is 5. The molecule has 6 heteroatoms. The summed E-state index contributed by atoms with van der Waals surface area (Å²) in [6, 6.07) is 5.87. The van der Waals surface area contributed by atoms with Gasteiger partial charge in [0.15, 0.2) is 18.1 Å². The van der Waals surface area contributed by atoms with E-state index in [1.54, 1.807) is 0 Å². The van der Waals surface area contributed by atoms with Crippen molar-refractivity contribution < 1.29 is 19.1 Å². The fourth-order valence-corrected chi connectivity index (χ4v) is 2.70. The number of carbonyl (C=O) groups excluding carboxylic acids is 1. The van der Waals surface area contributed by atoms with Gasteiger partial charge in [-0.05, 0) is 38.0 Å². The third kappa shape index (κ3) is 3.50. The third-order valence-electron chi connectivity index (χ3n) is 3.91. The van der Waals surface area contributed by atoms with Crippen LogP contribution in [0.3, 0.4) is 0 Å². The van der Waals surface area contributed by atoms with Gasteiger partial charge in [-0.1, -0.05) is 18.0 Å². The average Bonchev–Trinajstić information content (AvgIpc) is 3.17. The number of fused-ring (bicyclic) bond motifs is 1. The summed E-state index contributed by atoms with van der Waals surface area (Å²) >= 11 is 0. The molecule has 1 aromatic rings. The third-order valence-corrected chi connectivity index (χ3v) is 3.91. The molecule has 1 heterocycles. The summed E-state index contributed by atoms with van der Waals surface area (Å²) in [5.41, 5.74) is 1.56. The van der Waals surface area contributed by atoms with Crippen molar-refractivity contribution in [3.05, 3.63) is 23.8 Å². The molecule has 0 atom stereocenters. The number of ether oxygens (including phenoxy) is 2. The molecule has 3 rings (SSSR count). The topological polar surface area (TPSA) is 69.2 Å². The van der Waals surface area contributed by atoms with E-state index in [1.165, 1.54) is 12.8 Å². The molecular weight excluding hydrogens is 284 g/mol. The van der Waals surface area contributed by atoms with Crippen molar-refractivity contribution in [3.63, 3.8) is 0 Å². The summed E-state index contributed by atoms with van der Waals surface area (Å²) in [7, 11) is 0. The van der Waals surface area contributed by atoms with E-state index in [1.807, 2.05) is 25.1 Å². The highest BCUT2D eigenvalue weighted by molar-refractivity contribution is 5.99. The monoisotopic (exact) mass is 304 g/mol. The van der Waals surface area contributed by atoms with E-state index in [-0.39, 0.29) is 19.3 Å². The predicted octanol–water partition coefficient (Wildman–Crippen LogP) is 2.21. The summed E-state index contributed by atoms with van der Waals surface area (Å²) in [6.07, 6.45) is 4.50. The van der Waals surface area contributed by atoms with Gasteiger partial charge >= 0.3 is 0 Å². The van der Waals surface area contributed by atoms with Crippen LogP contribution in [0.2, 0.25) is 0 Å². The number of carbonyl (C=O) groups is 1.